The maximum atomic E-state index is 12.9. The predicted molar refractivity (Wildman–Crippen MR) is 85.1 cm³/mol. The Kier molecular flexibility index (Phi) is 3.65. The molecule has 1 amide bonds. The van der Waals surface area contributed by atoms with Gasteiger partial charge in [0.25, 0.3) is 5.91 Å². The maximum absolute atomic E-state index is 12.9. The van der Waals surface area contributed by atoms with Gasteiger partial charge in [-0.15, -0.1) is 0 Å². The molecular formula is C17H19N3O4. The number of aromatic nitrogens is 2. The lowest BCUT2D eigenvalue weighted by Crippen LogP contribution is -2.40. The Morgan fingerprint density at radius 2 is 2.21 bits per heavy atom. The highest BCUT2D eigenvalue weighted by atomic mass is 16.7. The highest BCUT2D eigenvalue weighted by Crippen LogP contribution is 2.34. The van der Waals surface area contributed by atoms with E-state index in [1.807, 2.05) is 16.5 Å². The second kappa shape index (κ2) is 5.83. The van der Waals surface area contributed by atoms with Crippen LogP contribution in [0.1, 0.15) is 27.7 Å². The third kappa shape index (κ3) is 2.41. The molecule has 0 aliphatic carbocycles. The summed E-state index contributed by atoms with van der Waals surface area (Å²) in [7, 11) is 3.65. The molecule has 4 rings (SSSR count). The smallest absolute Gasteiger partial charge is 0.254 e. The SMILES string of the molecule is COCC1CN(C(=O)c2ccc3c(c2)OCO3)Cc2ncn(C)c21. The Hall–Kier alpha value is -2.54. The minimum absolute atomic E-state index is 0.0364. The standard InChI is InChI=1S/C17H19N3O4/c1-19-9-18-13-7-20(6-12(8-22-2)16(13)19)17(21)11-3-4-14-15(5-11)24-10-23-14/h3-5,9,12H,6-8,10H2,1-2H3. The zero-order valence-corrected chi connectivity index (χ0v) is 13.7. The van der Waals surface area contributed by atoms with Crippen LogP contribution in [-0.4, -0.2) is 47.4 Å². The largest absolute Gasteiger partial charge is 0.454 e. The Bertz CT molecular complexity index is 786. The average Bonchev–Trinajstić information content (AvgIpc) is 3.20. The van der Waals surface area contributed by atoms with E-state index >= 15 is 0 Å². The predicted octanol–water partition coefficient (Wildman–Crippen LogP) is 1.53. The Labute approximate surface area is 139 Å². The fourth-order valence-electron chi connectivity index (χ4n) is 3.43. The summed E-state index contributed by atoms with van der Waals surface area (Å²) < 4.78 is 18.0. The number of fused-ring (bicyclic) bond motifs is 2. The molecule has 2 aliphatic heterocycles. The quantitative estimate of drug-likeness (QED) is 0.854. The van der Waals surface area contributed by atoms with Crippen molar-refractivity contribution in [3.63, 3.8) is 0 Å². The molecule has 0 fully saturated rings. The van der Waals surface area contributed by atoms with Crippen LogP contribution in [0.2, 0.25) is 0 Å². The lowest BCUT2D eigenvalue weighted by atomic mass is 9.98. The zero-order valence-electron chi connectivity index (χ0n) is 13.7. The Morgan fingerprint density at radius 3 is 3.04 bits per heavy atom. The summed E-state index contributed by atoms with van der Waals surface area (Å²) in [6.07, 6.45) is 1.79. The Balaban J connectivity index is 1.61. The van der Waals surface area contributed by atoms with Gasteiger partial charge in [-0.3, -0.25) is 4.79 Å². The lowest BCUT2D eigenvalue weighted by molar-refractivity contribution is 0.0673. The minimum Gasteiger partial charge on any atom is -0.454 e. The maximum Gasteiger partial charge on any atom is 0.254 e. The van der Waals surface area contributed by atoms with Crippen LogP contribution in [0.15, 0.2) is 24.5 Å². The summed E-state index contributed by atoms with van der Waals surface area (Å²) in [6, 6.07) is 5.29. The van der Waals surface area contributed by atoms with Gasteiger partial charge in [-0.1, -0.05) is 0 Å². The van der Waals surface area contributed by atoms with Gasteiger partial charge in [0.1, 0.15) is 0 Å². The third-order valence-electron chi connectivity index (χ3n) is 4.51. The topological polar surface area (TPSA) is 65.8 Å². The number of amides is 1. The van der Waals surface area contributed by atoms with Crippen molar-refractivity contribution in [2.45, 2.75) is 12.5 Å². The van der Waals surface area contributed by atoms with Gasteiger partial charge in [0, 0.05) is 37.9 Å². The van der Waals surface area contributed by atoms with Crippen LogP contribution in [0.25, 0.3) is 0 Å². The number of hydrogen-bond donors (Lipinski definition) is 0. The van der Waals surface area contributed by atoms with Crippen LogP contribution in [0.5, 0.6) is 11.5 Å². The van der Waals surface area contributed by atoms with Crippen molar-refractivity contribution in [2.75, 3.05) is 27.1 Å². The van der Waals surface area contributed by atoms with Crippen molar-refractivity contribution >= 4 is 5.91 Å². The van der Waals surface area contributed by atoms with Crippen molar-refractivity contribution in [1.29, 1.82) is 0 Å². The molecule has 126 valence electrons. The summed E-state index contributed by atoms with van der Waals surface area (Å²) in [6.45, 7) is 1.86. The molecule has 7 heteroatoms. The molecule has 0 saturated heterocycles. The van der Waals surface area contributed by atoms with Gasteiger partial charge in [-0.2, -0.15) is 0 Å². The number of aryl methyl sites for hydroxylation is 1. The van der Waals surface area contributed by atoms with Crippen LogP contribution in [0, 0.1) is 0 Å². The summed E-state index contributed by atoms with van der Waals surface area (Å²) in [5.41, 5.74) is 2.67. The highest BCUT2D eigenvalue weighted by molar-refractivity contribution is 5.95. The number of imidazole rings is 1. The molecule has 1 aromatic carbocycles. The number of hydrogen-bond acceptors (Lipinski definition) is 5. The van der Waals surface area contributed by atoms with Crippen molar-refractivity contribution < 1.29 is 19.0 Å². The third-order valence-corrected chi connectivity index (χ3v) is 4.51. The Morgan fingerprint density at radius 1 is 1.38 bits per heavy atom. The molecular weight excluding hydrogens is 310 g/mol. The summed E-state index contributed by atoms with van der Waals surface area (Å²) >= 11 is 0. The molecule has 0 spiro atoms. The summed E-state index contributed by atoms with van der Waals surface area (Å²) in [5.74, 6) is 1.37. The number of nitrogens with zero attached hydrogens (tertiary/aromatic N) is 3. The van der Waals surface area contributed by atoms with Crippen LogP contribution in [0.4, 0.5) is 0 Å². The molecule has 7 nitrogen and oxygen atoms in total. The van der Waals surface area contributed by atoms with E-state index < -0.39 is 0 Å². The highest BCUT2D eigenvalue weighted by Gasteiger charge is 2.32. The van der Waals surface area contributed by atoms with E-state index in [0.717, 1.165) is 11.4 Å². The molecule has 1 aromatic heterocycles. The number of methoxy groups -OCH3 is 1. The molecule has 2 aromatic rings. The van der Waals surface area contributed by atoms with Crippen LogP contribution < -0.4 is 9.47 Å². The molecule has 0 N–H and O–H groups in total. The fraction of sp³-hybridized carbons (Fsp3) is 0.412. The van der Waals surface area contributed by atoms with Gasteiger partial charge in [-0.05, 0) is 18.2 Å². The van der Waals surface area contributed by atoms with Crippen LogP contribution >= 0.6 is 0 Å². The molecule has 1 unspecified atom stereocenters. The van der Waals surface area contributed by atoms with Gasteiger partial charge < -0.3 is 23.7 Å². The number of benzene rings is 1. The van der Waals surface area contributed by atoms with Crippen molar-refractivity contribution in [2.24, 2.45) is 7.05 Å². The number of rotatable bonds is 3. The van der Waals surface area contributed by atoms with Crippen molar-refractivity contribution in [3.05, 3.63) is 41.5 Å². The second-order valence-corrected chi connectivity index (χ2v) is 6.09. The molecule has 0 saturated carbocycles. The first kappa shape index (κ1) is 15.0. The first-order chi connectivity index (χ1) is 11.7. The molecule has 1 atom stereocenters. The number of ether oxygens (including phenoxy) is 3. The first-order valence-electron chi connectivity index (χ1n) is 7.85. The lowest BCUT2D eigenvalue weighted by Gasteiger charge is -2.32. The van der Waals surface area contributed by atoms with Gasteiger partial charge in [0.05, 0.1) is 25.2 Å². The zero-order chi connectivity index (χ0) is 16.7. The van der Waals surface area contributed by atoms with Gasteiger partial charge >= 0.3 is 0 Å². The van der Waals surface area contributed by atoms with E-state index in [1.165, 1.54) is 0 Å². The van der Waals surface area contributed by atoms with Gasteiger partial charge in [0.15, 0.2) is 11.5 Å². The fourth-order valence-corrected chi connectivity index (χ4v) is 3.43. The van der Waals surface area contributed by atoms with Gasteiger partial charge in [0.2, 0.25) is 6.79 Å². The molecule has 24 heavy (non-hydrogen) atoms. The second-order valence-electron chi connectivity index (χ2n) is 6.09. The van der Waals surface area contributed by atoms with Gasteiger partial charge in [-0.25, -0.2) is 4.98 Å². The van der Waals surface area contributed by atoms with Crippen LogP contribution in [0.3, 0.4) is 0 Å². The normalized spacial score (nSPS) is 18.6. The summed E-state index contributed by atoms with van der Waals surface area (Å²) in [5, 5.41) is 0. The minimum atomic E-state index is -0.0364. The van der Waals surface area contributed by atoms with E-state index in [4.69, 9.17) is 14.2 Å². The first-order valence-corrected chi connectivity index (χ1v) is 7.85. The summed E-state index contributed by atoms with van der Waals surface area (Å²) in [4.78, 5) is 19.2. The van der Waals surface area contributed by atoms with E-state index in [1.54, 1.807) is 31.6 Å². The molecule has 2 aliphatic rings. The average molecular weight is 329 g/mol. The van der Waals surface area contributed by atoms with E-state index in [0.29, 0.717) is 36.8 Å². The van der Waals surface area contributed by atoms with E-state index in [2.05, 4.69) is 4.98 Å². The van der Waals surface area contributed by atoms with Crippen LogP contribution in [-0.2, 0) is 18.3 Å². The molecule has 0 bridgehead atoms. The number of carbonyl (C=O) groups excluding carboxylic acids is 1. The monoisotopic (exact) mass is 329 g/mol. The van der Waals surface area contributed by atoms with E-state index in [9.17, 15) is 4.79 Å². The molecule has 0 radical (unpaired) electrons. The van der Waals surface area contributed by atoms with E-state index in [-0.39, 0.29) is 18.6 Å². The molecule has 3 heterocycles. The van der Waals surface area contributed by atoms with Crippen molar-refractivity contribution in [1.82, 2.24) is 14.5 Å². The van der Waals surface area contributed by atoms with Crippen molar-refractivity contribution in [3.8, 4) is 11.5 Å². The number of carbonyl (C=O) groups is 1.